The first-order valence-corrected chi connectivity index (χ1v) is 9.17. The Hall–Kier alpha value is -3.40. The monoisotopic (exact) mass is 358 g/mol. The smallest absolute Gasteiger partial charge is 0.228 e. The SMILES string of the molecule is N#Cc1cc(-c2ccn3nc(NC(=O)C4CC4)cc3c2)c(NC2CC2)cn1. The van der Waals surface area contributed by atoms with Gasteiger partial charge in [0.15, 0.2) is 5.82 Å². The van der Waals surface area contributed by atoms with Crippen molar-refractivity contribution in [2.24, 2.45) is 5.92 Å². The molecular formula is C20H18N6O. The van der Waals surface area contributed by atoms with Crippen molar-refractivity contribution >= 4 is 22.9 Å². The maximum Gasteiger partial charge on any atom is 0.228 e. The number of carbonyl (C=O) groups excluding carboxylic acids is 1. The van der Waals surface area contributed by atoms with Crippen molar-refractivity contribution in [3.63, 3.8) is 0 Å². The van der Waals surface area contributed by atoms with Crippen LogP contribution < -0.4 is 10.6 Å². The van der Waals surface area contributed by atoms with E-state index in [0.717, 1.165) is 48.0 Å². The number of amides is 1. The van der Waals surface area contributed by atoms with Crippen LogP contribution in [0.1, 0.15) is 31.4 Å². The van der Waals surface area contributed by atoms with E-state index in [1.54, 1.807) is 10.7 Å². The average Bonchev–Trinajstić information content (AvgIpc) is 3.59. The van der Waals surface area contributed by atoms with Gasteiger partial charge in [0.1, 0.15) is 11.8 Å². The van der Waals surface area contributed by atoms with Crippen LogP contribution in [0.4, 0.5) is 11.5 Å². The fourth-order valence-electron chi connectivity index (χ4n) is 3.11. The summed E-state index contributed by atoms with van der Waals surface area (Å²) in [6.07, 6.45) is 7.84. The van der Waals surface area contributed by atoms with Crippen LogP contribution in [-0.4, -0.2) is 26.5 Å². The van der Waals surface area contributed by atoms with Crippen molar-refractivity contribution in [3.8, 4) is 17.2 Å². The molecule has 2 aliphatic rings. The highest BCUT2D eigenvalue weighted by atomic mass is 16.2. The Morgan fingerprint density at radius 2 is 2.07 bits per heavy atom. The molecule has 27 heavy (non-hydrogen) atoms. The second-order valence-electron chi connectivity index (χ2n) is 7.22. The molecule has 0 saturated heterocycles. The molecule has 2 N–H and O–H groups in total. The Labute approximate surface area is 156 Å². The lowest BCUT2D eigenvalue weighted by Crippen LogP contribution is -2.13. The molecule has 0 bridgehead atoms. The van der Waals surface area contributed by atoms with Crippen molar-refractivity contribution < 1.29 is 4.79 Å². The van der Waals surface area contributed by atoms with Crippen molar-refractivity contribution in [2.45, 2.75) is 31.7 Å². The Balaban J connectivity index is 1.50. The van der Waals surface area contributed by atoms with E-state index in [1.165, 1.54) is 0 Å². The largest absolute Gasteiger partial charge is 0.381 e. The van der Waals surface area contributed by atoms with Gasteiger partial charge in [-0.15, -0.1) is 0 Å². The number of carbonyl (C=O) groups is 1. The van der Waals surface area contributed by atoms with Crippen LogP contribution in [0.3, 0.4) is 0 Å². The molecule has 3 aromatic rings. The molecule has 0 aromatic carbocycles. The fraction of sp³-hybridized carbons (Fsp3) is 0.300. The zero-order valence-corrected chi connectivity index (χ0v) is 14.6. The first-order valence-electron chi connectivity index (χ1n) is 9.17. The number of anilines is 2. The molecule has 5 rings (SSSR count). The van der Waals surface area contributed by atoms with Crippen LogP contribution in [0.25, 0.3) is 16.6 Å². The lowest BCUT2D eigenvalue weighted by Gasteiger charge is -2.11. The first kappa shape index (κ1) is 15.8. The molecule has 7 heteroatoms. The summed E-state index contributed by atoms with van der Waals surface area (Å²) >= 11 is 0. The summed E-state index contributed by atoms with van der Waals surface area (Å²) in [7, 11) is 0. The van der Waals surface area contributed by atoms with Gasteiger partial charge in [0.05, 0.1) is 17.4 Å². The van der Waals surface area contributed by atoms with Crippen molar-refractivity contribution in [3.05, 3.63) is 42.4 Å². The number of pyridine rings is 2. The highest BCUT2D eigenvalue weighted by Gasteiger charge is 2.30. The van der Waals surface area contributed by atoms with Crippen molar-refractivity contribution in [1.29, 1.82) is 5.26 Å². The number of fused-ring (bicyclic) bond motifs is 1. The van der Waals surface area contributed by atoms with Crippen molar-refractivity contribution in [1.82, 2.24) is 14.6 Å². The minimum atomic E-state index is 0.0438. The molecule has 2 fully saturated rings. The highest BCUT2D eigenvalue weighted by Crippen LogP contribution is 2.34. The molecular weight excluding hydrogens is 340 g/mol. The number of nitrogens with zero attached hydrogens (tertiary/aromatic N) is 4. The van der Waals surface area contributed by atoms with E-state index in [9.17, 15) is 10.1 Å². The van der Waals surface area contributed by atoms with Crippen LogP contribution in [0, 0.1) is 17.2 Å². The summed E-state index contributed by atoms with van der Waals surface area (Å²) in [5.41, 5.74) is 4.12. The van der Waals surface area contributed by atoms with Crippen LogP contribution in [-0.2, 0) is 4.79 Å². The van der Waals surface area contributed by atoms with Crippen LogP contribution in [0.15, 0.2) is 36.7 Å². The van der Waals surface area contributed by atoms with Gasteiger partial charge in [-0.05, 0) is 49.4 Å². The molecule has 7 nitrogen and oxygen atoms in total. The molecule has 2 saturated carbocycles. The van der Waals surface area contributed by atoms with Crippen LogP contribution in [0.2, 0.25) is 0 Å². The van der Waals surface area contributed by atoms with Crippen LogP contribution in [0.5, 0.6) is 0 Å². The standard InChI is InChI=1S/C20H18N6O/c21-10-15-8-17(18(11-22-15)23-14-3-4-14)13-5-6-26-16(7-13)9-19(25-26)24-20(27)12-1-2-12/h5-9,11-12,14,23H,1-4H2,(H,24,25,27). The van der Waals surface area contributed by atoms with E-state index in [1.807, 2.05) is 30.5 Å². The summed E-state index contributed by atoms with van der Waals surface area (Å²) in [4.78, 5) is 16.2. The lowest BCUT2D eigenvalue weighted by atomic mass is 10.0. The predicted octanol–water partition coefficient (Wildman–Crippen LogP) is 3.19. The average molecular weight is 358 g/mol. The van der Waals surface area contributed by atoms with Gasteiger partial charge in [0.2, 0.25) is 5.91 Å². The zero-order valence-electron chi connectivity index (χ0n) is 14.6. The number of rotatable bonds is 5. The van der Waals surface area contributed by atoms with Gasteiger partial charge in [0.25, 0.3) is 0 Å². The zero-order chi connectivity index (χ0) is 18.4. The van der Waals surface area contributed by atoms with Gasteiger partial charge in [-0.3, -0.25) is 4.79 Å². The summed E-state index contributed by atoms with van der Waals surface area (Å²) in [6, 6.07) is 10.2. The van der Waals surface area contributed by atoms with Gasteiger partial charge in [-0.1, -0.05) is 0 Å². The molecule has 134 valence electrons. The molecule has 0 radical (unpaired) electrons. The Bertz CT molecular complexity index is 1090. The summed E-state index contributed by atoms with van der Waals surface area (Å²) in [6.45, 7) is 0. The molecule has 1 amide bonds. The molecule has 0 unspecified atom stereocenters. The van der Waals surface area contributed by atoms with E-state index >= 15 is 0 Å². The Morgan fingerprint density at radius 3 is 2.81 bits per heavy atom. The predicted molar refractivity (Wildman–Crippen MR) is 101 cm³/mol. The van der Waals surface area contributed by atoms with Gasteiger partial charge in [0, 0.05) is 29.8 Å². The summed E-state index contributed by atoms with van der Waals surface area (Å²) in [5, 5.41) is 20.0. The molecule has 3 aromatic heterocycles. The Morgan fingerprint density at radius 1 is 1.22 bits per heavy atom. The van der Waals surface area contributed by atoms with E-state index < -0.39 is 0 Å². The summed E-state index contributed by atoms with van der Waals surface area (Å²) < 4.78 is 1.74. The molecule has 2 aliphatic carbocycles. The first-order chi connectivity index (χ1) is 13.2. The topological polar surface area (TPSA) is 95.1 Å². The maximum absolute atomic E-state index is 12.0. The Kier molecular flexibility index (Phi) is 3.57. The number of aromatic nitrogens is 3. The third kappa shape index (κ3) is 3.22. The third-order valence-electron chi connectivity index (χ3n) is 4.93. The second kappa shape index (κ2) is 6.09. The minimum Gasteiger partial charge on any atom is -0.381 e. The van der Waals surface area contributed by atoms with E-state index in [4.69, 9.17) is 0 Å². The molecule has 3 heterocycles. The normalized spacial score (nSPS) is 16.1. The minimum absolute atomic E-state index is 0.0438. The van der Waals surface area contributed by atoms with Gasteiger partial charge < -0.3 is 10.6 Å². The third-order valence-corrected chi connectivity index (χ3v) is 4.93. The van der Waals surface area contributed by atoms with E-state index in [-0.39, 0.29) is 11.8 Å². The molecule has 0 atom stereocenters. The van der Waals surface area contributed by atoms with Gasteiger partial charge >= 0.3 is 0 Å². The lowest BCUT2D eigenvalue weighted by molar-refractivity contribution is -0.117. The fourth-order valence-corrected chi connectivity index (χ4v) is 3.11. The molecule has 0 aliphatic heterocycles. The molecule has 0 spiro atoms. The quantitative estimate of drug-likeness (QED) is 0.730. The number of hydrogen-bond acceptors (Lipinski definition) is 5. The maximum atomic E-state index is 12.0. The number of nitriles is 1. The van der Waals surface area contributed by atoms with Crippen molar-refractivity contribution in [2.75, 3.05) is 10.6 Å². The summed E-state index contributed by atoms with van der Waals surface area (Å²) in [5.74, 6) is 0.748. The van der Waals surface area contributed by atoms with Crippen LogP contribution >= 0.6 is 0 Å². The van der Waals surface area contributed by atoms with E-state index in [0.29, 0.717) is 17.6 Å². The van der Waals surface area contributed by atoms with E-state index in [2.05, 4.69) is 26.8 Å². The number of hydrogen-bond donors (Lipinski definition) is 2. The highest BCUT2D eigenvalue weighted by molar-refractivity contribution is 5.94. The number of nitrogens with one attached hydrogen (secondary N) is 2. The van der Waals surface area contributed by atoms with Gasteiger partial charge in [-0.25, -0.2) is 9.50 Å². The second-order valence-corrected chi connectivity index (χ2v) is 7.22. The van der Waals surface area contributed by atoms with Gasteiger partial charge in [-0.2, -0.15) is 10.4 Å².